The van der Waals surface area contributed by atoms with E-state index in [-0.39, 0.29) is 6.04 Å². The fourth-order valence-corrected chi connectivity index (χ4v) is 3.07. The van der Waals surface area contributed by atoms with E-state index in [1.807, 2.05) is 13.1 Å². The molecule has 1 N–H and O–H groups in total. The molecule has 0 aliphatic heterocycles. The minimum Gasteiger partial charge on any atom is -0.466 e. The maximum Gasteiger partial charge on any atom is 0.139 e. The molecule has 0 aliphatic rings. The summed E-state index contributed by atoms with van der Waals surface area (Å²) in [5, 5.41) is 5.35. The second-order valence-electron chi connectivity index (χ2n) is 3.04. The van der Waals surface area contributed by atoms with Crippen molar-refractivity contribution in [2.24, 2.45) is 0 Å². The van der Waals surface area contributed by atoms with Gasteiger partial charge in [-0.1, -0.05) is 0 Å². The van der Waals surface area contributed by atoms with Crippen molar-refractivity contribution in [1.29, 1.82) is 0 Å². The first-order valence-corrected chi connectivity index (χ1v) is 6.83. The van der Waals surface area contributed by atoms with Crippen molar-refractivity contribution in [2.45, 2.75) is 6.04 Å². The van der Waals surface area contributed by atoms with Crippen LogP contribution in [0, 0.1) is 0 Å². The number of thiophene rings is 1. The van der Waals surface area contributed by atoms with Gasteiger partial charge in [-0.3, -0.25) is 0 Å². The van der Waals surface area contributed by atoms with E-state index in [9.17, 15) is 0 Å². The maximum absolute atomic E-state index is 5.46. The highest BCUT2D eigenvalue weighted by atomic mass is 79.9. The minimum absolute atomic E-state index is 0.0944. The Kier molecular flexibility index (Phi) is 3.66. The molecule has 2 rings (SSSR count). The van der Waals surface area contributed by atoms with Crippen LogP contribution >= 0.6 is 43.2 Å². The zero-order valence-electron chi connectivity index (χ0n) is 7.96. The Hall–Kier alpha value is -0.100. The molecule has 0 spiro atoms. The van der Waals surface area contributed by atoms with E-state index in [0.717, 1.165) is 14.0 Å². The van der Waals surface area contributed by atoms with Gasteiger partial charge in [0.1, 0.15) is 5.76 Å². The van der Waals surface area contributed by atoms with Crippen molar-refractivity contribution in [2.75, 3.05) is 7.05 Å². The Balaban J connectivity index is 2.36. The number of rotatable bonds is 3. The second-order valence-corrected chi connectivity index (χ2v) is 6.18. The van der Waals surface area contributed by atoms with Crippen molar-refractivity contribution in [3.8, 4) is 0 Å². The highest BCUT2D eigenvalue weighted by Crippen LogP contribution is 2.33. The summed E-state index contributed by atoms with van der Waals surface area (Å²) in [7, 11) is 1.92. The lowest BCUT2D eigenvalue weighted by Crippen LogP contribution is -2.16. The average Bonchev–Trinajstić information content (AvgIpc) is 2.79. The first kappa shape index (κ1) is 11.4. The van der Waals surface area contributed by atoms with Crippen LogP contribution in [-0.4, -0.2) is 7.05 Å². The second kappa shape index (κ2) is 4.82. The molecule has 1 atom stereocenters. The van der Waals surface area contributed by atoms with Crippen LogP contribution in [0.25, 0.3) is 0 Å². The third-order valence-corrected chi connectivity index (χ3v) is 4.29. The van der Waals surface area contributed by atoms with Crippen molar-refractivity contribution < 1.29 is 4.42 Å². The molecule has 0 bridgehead atoms. The molecule has 80 valence electrons. The summed E-state index contributed by atoms with van der Waals surface area (Å²) in [6, 6.07) is 4.10. The van der Waals surface area contributed by atoms with Crippen molar-refractivity contribution >= 4 is 43.2 Å². The average molecular weight is 351 g/mol. The zero-order chi connectivity index (χ0) is 10.8. The van der Waals surface area contributed by atoms with E-state index in [1.54, 1.807) is 17.6 Å². The van der Waals surface area contributed by atoms with Gasteiger partial charge < -0.3 is 9.73 Å². The molecule has 1 unspecified atom stereocenters. The predicted octanol–water partition coefficient (Wildman–Crippen LogP) is 4.17. The van der Waals surface area contributed by atoms with Gasteiger partial charge >= 0.3 is 0 Å². The molecule has 0 aromatic carbocycles. The molecule has 2 heterocycles. The molecule has 0 fully saturated rings. The summed E-state index contributed by atoms with van der Waals surface area (Å²) < 4.78 is 7.58. The van der Waals surface area contributed by atoms with Gasteiger partial charge in [0.2, 0.25) is 0 Å². The number of hydrogen-bond donors (Lipinski definition) is 1. The fourth-order valence-electron chi connectivity index (χ4n) is 1.44. The molecule has 2 nitrogen and oxygen atoms in total. The maximum atomic E-state index is 5.46. The van der Waals surface area contributed by atoms with E-state index in [1.165, 1.54) is 5.56 Å². The van der Waals surface area contributed by atoms with E-state index < -0.39 is 0 Å². The first-order valence-electron chi connectivity index (χ1n) is 4.36. The highest BCUT2D eigenvalue weighted by Gasteiger charge is 2.19. The summed E-state index contributed by atoms with van der Waals surface area (Å²) >= 11 is 8.60. The summed E-state index contributed by atoms with van der Waals surface area (Å²) in [6.45, 7) is 0. The molecular formula is C10H9Br2NOS. The topological polar surface area (TPSA) is 25.2 Å². The van der Waals surface area contributed by atoms with E-state index >= 15 is 0 Å². The highest BCUT2D eigenvalue weighted by molar-refractivity contribution is 9.11. The lowest BCUT2D eigenvalue weighted by Gasteiger charge is -2.12. The van der Waals surface area contributed by atoms with Crippen molar-refractivity contribution in [1.82, 2.24) is 5.32 Å². The Morgan fingerprint density at radius 1 is 1.47 bits per heavy atom. The van der Waals surface area contributed by atoms with Gasteiger partial charge in [-0.05, 0) is 62.0 Å². The Morgan fingerprint density at radius 2 is 2.27 bits per heavy atom. The normalized spacial score (nSPS) is 13.0. The van der Waals surface area contributed by atoms with Crippen LogP contribution in [0.1, 0.15) is 17.4 Å². The molecular weight excluding hydrogens is 342 g/mol. The Labute approximate surface area is 109 Å². The molecule has 0 amide bonds. The van der Waals surface area contributed by atoms with Crippen molar-refractivity contribution in [3.05, 3.63) is 43.4 Å². The van der Waals surface area contributed by atoms with Gasteiger partial charge in [0.25, 0.3) is 0 Å². The number of hydrogen-bond acceptors (Lipinski definition) is 3. The SMILES string of the molecule is CNC(c1csc(Br)c1)c1occc1Br. The molecule has 0 radical (unpaired) electrons. The molecule has 0 saturated heterocycles. The van der Waals surface area contributed by atoms with Gasteiger partial charge in [0.05, 0.1) is 20.6 Å². The summed E-state index contributed by atoms with van der Waals surface area (Å²) in [4.78, 5) is 0. The van der Waals surface area contributed by atoms with Crippen LogP contribution in [0.4, 0.5) is 0 Å². The third-order valence-electron chi connectivity index (χ3n) is 2.12. The van der Waals surface area contributed by atoms with Crippen LogP contribution in [-0.2, 0) is 0 Å². The van der Waals surface area contributed by atoms with E-state index in [4.69, 9.17) is 4.42 Å². The number of nitrogens with one attached hydrogen (secondary N) is 1. The van der Waals surface area contributed by atoms with Gasteiger partial charge in [0.15, 0.2) is 0 Å². The van der Waals surface area contributed by atoms with Gasteiger partial charge in [-0.2, -0.15) is 0 Å². The van der Waals surface area contributed by atoms with Crippen LogP contribution in [0.15, 0.2) is 36.5 Å². The smallest absolute Gasteiger partial charge is 0.139 e. The Bertz CT molecular complexity index is 452. The largest absolute Gasteiger partial charge is 0.466 e. The summed E-state index contributed by atoms with van der Waals surface area (Å²) in [6.07, 6.45) is 1.69. The fraction of sp³-hybridized carbons (Fsp3) is 0.200. The Morgan fingerprint density at radius 3 is 2.73 bits per heavy atom. The number of halogens is 2. The molecule has 0 aliphatic carbocycles. The summed E-state index contributed by atoms with van der Waals surface area (Å²) in [5.41, 5.74) is 1.20. The standard InChI is InChI=1S/C10H9Br2NOS/c1-13-9(6-4-8(12)15-5-6)10-7(11)2-3-14-10/h2-5,9,13H,1H3. The van der Waals surface area contributed by atoms with E-state index in [0.29, 0.717) is 0 Å². The van der Waals surface area contributed by atoms with Gasteiger partial charge in [0, 0.05) is 0 Å². The molecule has 0 saturated carbocycles. The molecule has 2 aromatic heterocycles. The summed E-state index contributed by atoms with van der Waals surface area (Å²) in [5.74, 6) is 0.905. The van der Waals surface area contributed by atoms with Crippen LogP contribution < -0.4 is 5.32 Å². The van der Waals surface area contributed by atoms with Crippen LogP contribution in [0.5, 0.6) is 0 Å². The predicted molar refractivity (Wildman–Crippen MR) is 69.3 cm³/mol. The molecule has 15 heavy (non-hydrogen) atoms. The first-order chi connectivity index (χ1) is 7.22. The van der Waals surface area contributed by atoms with Gasteiger partial charge in [-0.15, -0.1) is 11.3 Å². The molecule has 5 heteroatoms. The van der Waals surface area contributed by atoms with Gasteiger partial charge in [-0.25, -0.2) is 0 Å². The monoisotopic (exact) mass is 349 g/mol. The lowest BCUT2D eigenvalue weighted by atomic mass is 10.1. The lowest BCUT2D eigenvalue weighted by molar-refractivity contribution is 0.461. The van der Waals surface area contributed by atoms with Crippen LogP contribution in [0.3, 0.4) is 0 Å². The third kappa shape index (κ3) is 2.36. The quantitative estimate of drug-likeness (QED) is 0.898. The zero-order valence-corrected chi connectivity index (χ0v) is 11.9. The molecule has 2 aromatic rings. The minimum atomic E-state index is 0.0944. The number of furan rings is 1. The van der Waals surface area contributed by atoms with Crippen LogP contribution in [0.2, 0.25) is 0 Å². The van der Waals surface area contributed by atoms with E-state index in [2.05, 4.69) is 48.6 Å². The van der Waals surface area contributed by atoms with Crippen molar-refractivity contribution in [3.63, 3.8) is 0 Å².